The van der Waals surface area contributed by atoms with E-state index in [1.165, 1.54) is 10.5 Å². The summed E-state index contributed by atoms with van der Waals surface area (Å²) < 4.78 is 19.0. The fourth-order valence-corrected chi connectivity index (χ4v) is 11.3. The first-order valence-electron chi connectivity index (χ1n) is 9.35. The zero-order valence-electron chi connectivity index (χ0n) is 17.3. The van der Waals surface area contributed by atoms with E-state index in [4.69, 9.17) is 0 Å². The second-order valence-corrected chi connectivity index (χ2v) is 12.6. The maximum atomic E-state index is 14.5. The lowest BCUT2D eigenvalue weighted by Gasteiger charge is -2.65. The molecule has 3 nitrogen and oxygen atoms in total. The molecule has 2 atom stereocenters. The van der Waals surface area contributed by atoms with Crippen molar-refractivity contribution >= 4 is 19.2 Å². The predicted octanol–water partition coefficient (Wildman–Crippen LogP) is 6.23. The molecule has 0 aliphatic carbocycles. The molecule has 1 saturated heterocycles. The van der Waals surface area contributed by atoms with Crippen LogP contribution in [0.25, 0.3) is 0 Å². The van der Waals surface area contributed by atoms with Crippen LogP contribution in [0, 0.1) is 6.92 Å². The molecule has 1 fully saturated rings. The van der Waals surface area contributed by atoms with E-state index < -0.39 is 7.44 Å². The highest BCUT2D eigenvalue weighted by Crippen LogP contribution is 2.77. The van der Waals surface area contributed by atoms with Crippen molar-refractivity contribution in [3.63, 3.8) is 0 Å². The lowest BCUT2D eigenvalue weighted by atomic mass is 10.1. The van der Waals surface area contributed by atoms with Crippen molar-refractivity contribution in [2.75, 3.05) is 0 Å². The van der Waals surface area contributed by atoms with Gasteiger partial charge in [-0.05, 0) is 74.4 Å². The Labute approximate surface area is 159 Å². The van der Waals surface area contributed by atoms with Crippen LogP contribution >= 0.6 is 19.2 Å². The van der Waals surface area contributed by atoms with Crippen molar-refractivity contribution in [1.29, 1.82) is 0 Å². The van der Waals surface area contributed by atoms with Crippen molar-refractivity contribution in [3.05, 3.63) is 29.8 Å². The Balaban J connectivity index is 2.47. The first-order valence-corrected chi connectivity index (χ1v) is 11.9. The minimum atomic E-state index is -2.66. The smallest absolute Gasteiger partial charge is 0.232 e. The quantitative estimate of drug-likeness (QED) is 0.544. The number of nitrogens with zero attached hydrogens (tertiary/aromatic N) is 2. The number of hydrogen-bond acceptors (Lipinski definition) is 2. The van der Waals surface area contributed by atoms with Crippen molar-refractivity contribution < 1.29 is 4.57 Å². The normalized spacial score (nSPS) is 26.7. The fourth-order valence-electron chi connectivity index (χ4n) is 4.40. The van der Waals surface area contributed by atoms with E-state index in [1.54, 1.807) is 11.8 Å². The topological polar surface area (TPSA) is 23.6 Å². The van der Waals surface area contributed by atoms with Gasteiger partial charge in [0.25, 0.3) is 0 Å². The van der Waals surface area contributed by atoms with Crippen LogP contribution in [0.5, 0.6) is 0 Å². The summed E-state index contributed by atoms with van der Waals surface area (Å²) in [6.07, 6.45) is 0. The molecule has 0 saturated carbocycles. The minimum absolute atomic E-state index is 0.0786. The maximum absolute atomic E-state index is 14.5. The molecule has 1 aromatic rings. The first kappa shape index (κ1) is 21.0. The summed E-state index contributed by atoms with van der Waals surface area (Å²) in [5.41, 5.74) is 1.16. The Morgan fingerprint density at radius 1 is 1.04 bits per heavy atom. The number of benzene rings is 1. The summed E-state index contributed by atoms with van der Waals surface area (Å²) >= 11 is 1.79. The second-order valence-electron chi connectivity index (χ2n) is 8.53. The Hall–Kier alpha value is -0.280. The predicted molar refractivity (Wildman–Crippen MR) is 112 cm³/mol. The number of thioether (sulfide) groups is 1. The molecule has 0 aromatic heterocycles. The van der Waals surface area contributed by atoms with Gasteiger partial charge in [-0.25, -0.2) is 9.34 Å². The van der Waals surface area contributed by atoms with Crippen LogP contribution < -0.4 is 0 Å². The molecule has 0 amide bonds. The molecule has 0 spiro atoms. The van der Waals surface area contributed by atoms with E-state index in [2.05, 4.69) is 95.9 Å². The molecule has 142 valence electrons. The van der Waals surface area contributed by atoms with Crippen LogP contribution in [0.15, 0.2) is 29.2 Å². The summed E-state index contributed by atoms with van der Waals surface area (Å²) in [5, 5.41) is 0. The third-order valence-electron chi connectivity index (χ3n) is 4.96. The van der Waals surface area contributed by atoms with Gasteiger partial charge in [0.15, 0.2) is 0 Å². The summed E-state index contributed by atoms with van der Waals surface area (Å²) in [4.78, 5) is 1.29. The zero-order chi connectivity index (χ0) is 19.2. The van der Waals surface area contributed by atoms with Gasteiger partial charge in [0, 0.05) is 28.6 Å². The lowest BCUT2D eigenvalue weighted by molar-refractivity contribution is 0.113. The van der Waals surface area contributed by atoms with Crippen LogP contribution in [0.4, 0.5) is 0 Å². The summed E-state index contributed by atoms with van der Waals surface area (Å²) in [6.45, 7) is 19.6. The third kappa shape index (κ3) is 3.60. The van der Waals surface area contributed by atoms with Crippen molar-refractivity contribution in [2.45, 2.75) is 95.9 Å². The van der Waals surface area contributed by atoms with Gasteiger partial charge >= 0.3 is 0 Å². The zero-order valence-corrected chi connectivity index (χ0v) is 19.0. The molecule has 0 N–H and O–H groups in total. The molecule has 2 rings (SSSR count). The number of hydrogen-bond donors (Lipinski definition) is 0. The lowest BCUT2D eigenvalue weighted by Crippen LogP contribution is -2.67. The summed E-state index contributed by atoms with van der Waals surface area (Å²) in [6, 6.07) is 9.37. The van der Waals surface area contributed by atoms with Crippen LogP contribution in [-0.2, 0) is 4.57 Å². The average Bonchev–Trinajstić information content (AvgIpc) is 2.44. The minimum Gasteiger partial charge on any atom is -0.287 e. The molecule has 1 aliphatic heterocycles. The van der Waals surface area contributed by atoms with Gasteiger partial charge in [0.2, 0.25) is 7.44 Å². The van der Waals surface area contributed by atoms with Crippen molar-refractivity contribution in [2.24, 2.45) is 0 Å². The van der Waals surface area contributed by atoms with Crippen molar-refractivity contribution in [3.8, 4) is 0 Å². The van der Waals surface area contributed by atoms with E-state index in [0.29, 0.717) is 0 Å². The molecule has 1 aliphatic rings. The molecule has 0 unspecified atom stereocenters. The highest BCUT2D eigenvalue weighted by molar-refractivity contribution is 8.06. The molecule has 5 heteroatoms. The maximum Gasteiger partial charge on any atom is 0.232 e. The van der Waals surface area contributed by atoms with E-state index in [-0.39, 0.29) is 28.7 Å². The monoisotopic (exact) mass is 382 g/mol. The number of rotatable bonds is 6. The molecular formula is C20H35N2OPS. The van der Waals surface area contributed by atoms with Crippen LogP contribution in [0.1, 0.15) is 61.0 Å². The first-order chi connectivity index (χ1) is 11.4. The van der Waals surface area contributed by atoms with E-state index in [9.17, 15) is 4.57 Å². The molecule has 1 aromatic carbocycles. The van der Waals surface area contributed by atoms with Gasteiger partial charge < -0.3 is 0 Å². The largest absolute Gasteiger partial charge is 0.287 e. The van der Waals surface area contributed by atoms with Gasteiger partial charge in [-0.3, -0.25) is 4.57 Å². The molecule has 25 heavy (non-hydrogen) atoms. The number of aryl methyl sites for hydroxylation is 1. The van der Waals surface area contributed by atoms with Gasteiger partial charge in [-0.15, -0.1) is 11.8 Å². The fraction of sp³-hybridized carbons (Fsp3) is 0.700. The summed E-state index contributed by atoms with van der Waals surface area (Å²) in [7, 11) is -2.66. The van der Waals surface area contributed by atoms with E-state index in [1.807, 2.05) is 0 Å². The van der Waals surface area contributed by atoms with Gasteiger partial charge in [0.05, 0.1) is 0 Å². The Bertz CT molecular complexity index is 615. The van der Waals surface area contributed by atoms with E-state index in [0.717, 1.165) is 0 Å². The van der Waals surface area contributed by atoms with Crippen LogP contribution in [0.3, 0.4) is 0 Å². The molecule has 0 radical (unpaired) electrons. The second kappa shape index (κ2) is 7.38. The highest BCUT2D eigenvalue weighted by Gasteiger charge is 2.67. The average molecular weight is 383 g/mol. The van der Waals surface area contributed by atoms with Gasteiger partial charge in [-0.1, -0.05) is 17.7 Å². The van der Waals surface area contributed by atoms with Crippen LogP contribution in [-0.4, -0.2) is 38.0 Å². The Morgan fingerprint density at radius 3 is 1.92 bits per heavy atom. The van der Waals surface area contributed by atoms with Crippen LogP contribution in [0.2, 0.25) is 0 Å². The van der Waals surface area contributed by atoms with Crippen molar-refractivity contribution in [1.82, 2.24) is 9.34 Å². The van der Waals surface area contributed by atoms with Gasteiger partial charge in [0.1, 0.15) is 4.99 Å². The molecule has 1 heterocycles. The standard InChI is InChI=1S/C20H35N2OPS/c1-14(2)21(15(3)4)24(23)19(20(8,9)22(24)16(5)6)25-18-12-10-17(7)11-13-18/h10-16,19H,1-9H3/t19-,24+/m1/s1. The summed E-state index contributed by atoms with van der Waals surface area (Å²) in [5.74, 6) is 0. The van der Waals surface area contributed by atoms with Gasteiger partial charge in [-0.2, -0.15) is 0 Å². The third-order valence-corrected chi connectivity index (χ3v) is 11.9. The van der Waals surface area contributed by atoms with E-state index >= 15 is 0 Å². The molecule has 0 bridgehead atoms. The molecular weight excluding hydrogens is 347 g/mol. The highest BCUT2D eigenvalue weighted by atomic mass is 32.2. The Morgan fingerprint density at radius 2 is 1.52 bits per heavy atom. The Kier molecular flexibility index (Phi) is 6.21. The SMILES string of the molecule is Cc1ccc(S[C@@H]2C(C)(C)N(C(C)C)[P@@]2(=O)N(C(C)C)C(C)C)cc1.